The molecule has 3 heterocycles. The van der Waals surface area contributed by atoms with Gasteiger partial charge in [-0.3, -0.25) is 9.59 Å². The first kappa shape index (κ1) is 25.6. The van der Waals surface area contributed by atoms with Gasteiger partial charge in [-0.1, -0.05) is 18.2 Å². The molecular weight excluding hydrogens is 519 g/mol. The highest BCUT2D eigenvalue weighted by Crippen LogP contribution is 2.34. The molecule has 3 aromatic heterocycles. The van der Waals surface area contributed by atoms with Crippen molar-refractivity contribution in [1.29, 1.82) is 0 Å². The Morgan fingerprint density at radius 3 is 2.66 bits per heavy atom. The first-order valence-electron chi connectivity index (χ1n) is 12.0. The number of alkyl halides is 3. The van der Waals surface area contributed by atoms with Crippen LogP contribution in [0.1, 0.15) is 38.9 Å². The van der Waals surface area contributed by atoms with E-state index in [2.05, 4.69) is 30.7 Å². The van der Waals surface area contributed by atoms with Gasteiger partial charge in [0.1, 0.15) is 10.8 Å². The molecule has 4 aromatic rings. The Morgan fingerprint density at radius 1 is 1.18 bits per heavy atom. The molecule has 0 radical (unpaired) electrons. The van der Waals surface area contributed by atoms with Crippen LogP contribution >= 0.6 is 11.3 Å². The van der Waals surface area contributed by atoms with E-state index in [4.69, 9.17) is 0 Å². The van der Waals surface area contributed by atoms with E-state index < -0.39 is 23.3 Å². The Bertz CT molecular complexity index is 1460. The maximum absolute atomic E-state index is 13.5. The highest BCUT2D eigenvalue weighted by atomic mass is 32.1. The number of aromatic nitrogens is 5. The number of carbonyl (C=O) groups is 2. The quantitative estimate of drug-likeness (QED) is 0.308. The number of nitrogens with one attached hydrogen (secondary N) is 3. The minimum absolute atomic E-state index is 0.0275. The molecule has 1 unspecified atom stereocenters. The van der Waals surface area contributed by atoms with Crippen LogP contribution in [0.5, 0.6) is 0 Å². The van der Waals surface area contributed by atoms with Crippen molar-refractivity contribution in [2.75, 3.05) is 13.1 Å². The Kier molecular flexibility index (Phi) is 7.02. The van der Waals surface area contributed by atoms with Crippen molar-refractivity contribution in [3.05, 3.63) is 70.4 Å². The van der Waals surface area contributed by atoms with Crippen LogP contribution in [0, 0.1) is 12.8 Å². The highest BCUT2D eigenvalue weighted by Gasteiger charge is 2.39. The molecule has 5 rings (SSSR count). The lowest BCUT2D eigenvalue weighted by Crippen LogP contribution is -2.39. The largest absolute Gasteiger partial charge is 0.435 e. The summed E-state index contributed by atoms with van der Waals surface area (Å²) in [5, 5.41) is 9.65. The number of carbonyl (C=O) groups excluding carboxylic acids is 2. The molecule has 38 heavy (non-hydrogen) atoms. The van der Waals surface area contributed by atoms with Crippen LogP contribution in [0.2, 0.25) is 0 Å². The Morgan fingerprint density at radius 2 is 1.95 bits per heavy atom. The van der Waals surface area contributed by atoms with Gasteiger partial charge < -0.3 is 15.6 Å². The molecule has 1 aromatic carbocycles. The summed E-state index contributed by atoms with van der Waals surface area (Å²) in [5.74, 6) is -0.513. The number of fused-ring (bicyclic) bond motifs is 1. The van der Waals surface area contributed by atoms with Gasteiger partial charge in [-0.2, -0.15) is 18.3 Å². The minimum Gasteiger partial charge on any atom is -0.354 e. The number of benzene rings is 1. The van der Waals surface area contributed by atoms with Crippen molar-refractivity contribution in [3.63, 3.8) is 0 Å². The number of nitrogens with zero attached hydrogens (tertiary/aromatic N) is 4. The van der Waals surface area contributed by atoms with Crippen LogP contribution in [-0.2, 0) is 23.8 Å². The number of thiazole rings is 1. The van der Waals surface area contributed by atoms with E-state index in [1.54, 1.807) is 36.5 Å². The molecule has 0 saturated heterocycles. The maximum Gasteiger partial charge on any atom is 0.435 e. The van der Waals surface area contributed by atoms with E-state index in [1.165, 1.54) is 11.3 Å². The predicted octanol–water partition coefficient (Wildman–Crippen LogP) is 3.70. The summed E-state index contributed by atoms with van der Waals surface area (Å²) in [4.78, 5) is 38.4. The zero-order valence-electron chi connectivity index (χ0n) is 20.3. The molecule has 198 valence electrons. The summed E-state index contributed by atoms with van der Waals surface area (Å²) >= 11 is 1.54. The third-order valence-electron chi connectivity index (χ3n) is 6.20. The average Bonchev–Trinajstić information content (AvgIpc) is 3.64. The molecule has 9 nitrogen and oxygen atoms in total. The number of rotatable bonds is 7. The smallest absolute Gasteiger partial charge is 0.354 e. The van der Waals surface area contributed by atoms with Crippen molar-refractivity contribution in [2.45, 2.75) is 32.4 Å². The second kappa shape index (κ2) is 10.4. The number of amides is 2. The van der Waals surface area contributed by atoms with E-state index in [0.29, 0.717) is 24.9 Å². The summed E-state index contributed by atoms with van der Waals surface area (Å²) < 4.78 is 41.6. The van der Waals surface area contributed by atoms with Crippen LogP contribution in [0.3, 0.4) is 0 Å². The van der Waals surface area contributed by atoms with Crippen molar-refractivity contribution in [1.82, 2.24) is 35.4 Å². The summed E-state index contributed by atoms with van der Waals surface area (Å²) in [7, 11) is 0. The number of aryl methyl sites for hydroxylation is 2. The molecule has 0 saturated carbocycles. The van der Waals surface area contributed by atoms with Crippen LogP contribution < -0.4 is 10.6 Å². The molecule has 1 atom stereocenters. The normalized spacial score (nSPS) is 15.2. The predicted molar refractivity (Wildman–Crippen MR) is 134 cm³/mol. The van der Waals surface area contributed by atoms with Crippen LogP contribution in [-0.4, -0.2) is 49.6 Å². The van der Waals surface area contributed by atoms with E-state index in [0.717, 1.165) is 38.0 Å². The first-order chi connectivity index (χ1) is 18.2. The zero-order valence-corrected chi connectivity index (χ0v) is 21.1. The molecule has 0 fully saturated rings. The van der Waals surface area contributed by atoms with Gasteiger partial charge in [0.2, 0.25) is 5.91 Å². The van der Waals surface area contributed by atoms with Crippen LogP contribution in [0.4, 0.5) is 13.2 Å². The number of halogens is 3. The van der Waals surface area contributed by atoms with Gasteiger partial charge >= 0.3 is 6.18 Å². The number of H-pyrrole nitrogens is 1. The van der Waals surface area contributed by atoms with Crippen LogP contribution in [0.25, 0.3) is 16.4 Å². The third-order valence-corrected chi connectivity index (χ3v) is 7.35. The van der Waals surface area contributed by atoms with E-state index in [-0.39, 0.29) is 24.9 Å². The topological polar surface area (TPSA) is 118 Å². The molecule has 0 spiro atoms. The van der Waals surface area contributed by atoms with Gasteiger partial charge in [0.05, 0.1) is 28.8 Å². The van der Waals surface area contributed by atoms with Gasteiger partial charge in [-0.25, -0.2) is 14.6 Å². The van der Waals surface area contributed by atoms with Crippen molar-refractivity contribution in [3.8, 4) is 16.4 Å². The summed E-state index contributed by atoms with van der Waals surface area (Å²) in [5.41, 5.74) is 0.385. The molecule has 3 N–H and O–H groups in total. The molecule has 13 heteroatoms. The standard InChI is InChI=1S/C25H24F3N7O2S/c1-14-31-12-19(32-14)24-33-18-8-7-15(11-20(18)38-24)22(36)29-9-10-30-23(37)17-13-35(16-5-3-2-4-6-16)34-21(17)25(26,27)28/h2-6,12-13,15H,7-11H2,1H3,(H,29,36)(H,30,37)(H,31,32). The molecule has 1 aliphatic carbocycles. The SMILES string of the molecule is Cc1ncc(-c2nc3c(s2)CC(C(=O)NCCNC(=O)c2cn(-c4ccccc4)nc2C(F)(F)F)CC3)[nH]1. The van der Waals surface area contributed by atoms with E-state index in [1.807, 2.05) is 6.92 Å². The van der Waals surface area contributed by atoms with Crippen LogP contribution in [0.15, 0.2) is 42.7 Å². The molecular formula is C25H24F3N7O2S. The summed E-state index contributed by atoms with van der Waals surface area (Å²) in [6, 6.07) is 8.22. The minimum atomic E-state index is -4.80. The number of hydrogen-bond donors (Lipinski definition) is 3. The lowest BCUT2D eigenvalue weighted by atomic mass is 9.90. The fraction of sp³-hybridized carbons (Fsp3) is 0.320. The molecule has 0 bridgehead atoms. The van der Waals surface area contributed by atoms with Crippen molar-refractivity contribution in [2.24, 2.45) is 5.92 Å². The highest BCUT2D eigenvalue weighted by molar-refractivity contribution is 7.15. The third kappa shape index (κ3) is 5.47. The van der Waals surface area contributed by atoms with Gasteiger partial charge in [0, 0.05) is 30.1 Å². The molecule has 0 aliphatic heterocycles. The number of imidazole rings is 1. The fourth-order valence-corrected chi connectivity index (χ4v) is 5.46. The first-order valence-corrected chi connectivity index (χ1v) is 12.8. The van der Waals surface area contributed by atoms with Gasteiger partial charge in [0.25, 0.3) is 5.91 Å². The summed E-state index contributed by atoms with van der Waals surface area (Å²) in [6.07, 6.45) is -0.120. The lowest BCUT2D eigenvalue weighted by molar-refractivity contribution is -0.141. The fourth-order valence-electron chi connectivity index (χ4n) is 4.31. The average molecular weight is 544 g/mol. The number of hydrogen-bond acceptors (Lipinski definition) is 6. The van der Waals surface area contributed by atoms with E-state index >= 15 is 0 Å². The van der Waals surface area contributed by atoms with Gasteiger partial charge in [-0.05, 0) is 38.3 Å². The van der Waals surface area contributed by atoms with Crippen molar-refractivity contribution < 1.29 is 22.8 Å². The second-order valence-electron chi connectivity index (χ2n) is 8.93. The maximum atomic E-state index is 13.5. The Hall–Kier alpha value is -4.00. The van der Waals surface area contributed by atoms with Gasteiger partial charge in [-0.15, -0.1) is 11.3 Å². The molecule has 2 amide bonds. The Labute approximate surface area is 219 Å². The number of para-hydroxylation sites is 1. The molecule has 1 aliphatic rings. The number of aromatic amines is 1. The second-order valence-corrected chi connectivity index (χ2v) is 10.0. The van der Waals surface area contributed by atoms with Crippen molar-refractivity contribution >= 4 is 23.2 Å². The Balaban J connectivity index is 1.15. The zero-order chi connectivity index (χ0) is 26.9. The van der Waals surface area contributed by atoms with Gasteiger partial charge in [0.15, 0.2) is 5.69 Å². The lowest BCUT2D eigenvalue weighted by Gasteiger charge is -2.20. The monoisotopic (exact) mass is 543 g/mol. The summed E-state index contributed by atoms with van der Waals surface area (Å²) in [6.45, 7) is 1.93. The van der Waals surface area contributed by atoms with E-state index in [9.17, 15) is 22.8 Å².